The molecule has 0 aliphatic rings. The summed E-state index contributed by atoms with van der Waals surface area (Å²) in [7, 11) is 0. The van der Waals surface area contributed by atoms with Gasteiger partial charge in [-0.25, -0.2) is 4.98 Å². The smallest absolute Gasteiger partial charge is 0.203 e. The van der Waals surface area contributed by atoms with E-state index in [4.69, 9.17) is 0 Å². The quantitative estimate of drug-likeness (QED) is 0.497. The number of aromatic nitrogens is 1. The molecule has 2 rings (SSSR count). The molecule has 100 valence electrons. The predicted molar refractivity (Wildman–Crippen MR) is 89.3 cm³/mol. The summed E-state index contributed by atoms with van der Waals surface area (Å²) in [6, 6.07) is 1.76. The van der Waals surface area contributed by atoms with Gasteiger partial charge in [0.2, 0.25) is 5.13 Å². The first kappa shape index (κ1) is 15.0. The zero-order valence-corrected chi connectivity index (χ0v) is 15.2. The third-order valence-electron chi connectivity index (χ3n) is 2.15. The molecular weight excluding hydrogens is 462 g/mol. The Hall–Kier alpha value is -0.440. The maximum atomic E-state index is 9.82. The molecule has 0 amide bonds. The van der Waals surface area contributed by atoms with Crippen molar-refractivity contribution in [3.8, 4) is 5.75 Å². The molecule has 1 heterocycles. The van der Waals surface area contributed by atoms with Gasteiger partial charge >= 0.3 is 0 Å². The lowest BCUT2D eigenvalue weighted by Crippen LogP contribution is -1.93. The summed E-state index contributed by atoms with van der Waals surface area (Å²) in [5.41, 5.74) is 4.53. The standard InChI is InChI=1S/C11H8Br3N3OS/c1-5-4-19-11(16-5)17-15-3-6-7(12)2-8(13)10(18)9(6)14/h2-4,18H,1H3,(H,16,17). The van der Waals surface area contributed by atoms with Gasteiger partial charge in [0.25, 0.3) is 0 Å². The second-order valence-electron chi connectivity index (χ2n) is 3.58. The van der Waals surface area contributed by atoms with Crippen LogP contribution in [0.5, 0.6) is 5.75 Å². The van der Waals surface area contributed by atoms with Gasteiger partial charge in [-0.3, -0.25) is 5.43 Å². The molecule has 0 aliphatic carbocycles. The van der Waals surface area contributed by atoms with Crippen molar-refractivity contribution in [1.82, 2.24) is 4.98 Å². The lowest BCUT2D eigenvalue weighted by atomic mass is 10.2. The molecule has 0 unspecified atom stereocenters. The van der Waals surface area contributed by atoms with E-state index in [0.29, 0.717) is 8.95 Å². The maximum absolute atomic E-state index is 9.82. The summed E-state index contributed by atoms with van der Waals surface area (Å²) >= 11 is 11.5. The predicted octanol–water partition coefficient (Wildman–Crippen LogP) is 4.89. The van der Waals surface area contributed by atoms with Gasteiger partial charge < -0.3 is 5.11 Å². The van der Waals surface area contributed by atoms with Gasteiger partial charge in [-0.2, -0.15) is 5.10 Å². The van der Waals surface area contributed by atoms with E-state index < -0.39 is 0 Å². The molecule has 0 saturated heterocycles. The van der Waals surface area contributed by atoms with Crippen LogP contribution in [0.1, 0.15) is 11.3 Å². The average molecular weight is 470 g/mol. The Balaban J connectivity index is 2.21. The van der Waals surface area contributed by atoms with Gasteiger partial charge in [-0.05, 0) is 44.8 Å². The normalized spacial score (nSPS) is 11.2. The van der Waals surface area contributed by atoms with Crippen LogP contribution in [0.15, 0.2) is 30.0 Å². The van der Waals surface area contributed by atoms with Crippen molar-refractivity contribution >= 4 is 70.5 Å². The Kier molecular flexibility index (Phi) is 4.99. The SMILES string of the molecule is Cc1csc(NN=Cc2c(Br)cc(Br)c(O)c2Br)n1. The van der Waals surface area contributed by atoms with E-state index in [0.717, 1.165) is 20.9 Å². The Morgan fingerprint density at radius 2 is 2.11 bits per heavy atom. The monoisotopic (exact) mass is 467 g/mol. The number of hydrogen-bond donors (Lipinski definition) is 2. The van der Waals surface area contributed by atoms with Crippen molar-refractivity contribution in [1.29, 1.82) is 0 Å². The second-order valence-corrected chi connectivity index (χ2v) is 6.94. The minimum Gasteiger partial charge on any atom is -0.506 e. The van der Waals surface area contributed by atoms with Crippen molar-refractivity contribution < 1.29 is 5.11 Å². The summed E-state index contributed by atoms with van der Waals surface area (Å²) in [6.07, 6.45) is 1.61. The zero-order valence-electron chi connectivity index (χ0n) is 9.62. The van der Waals surface area contributed by atoms with Crippen LogP contribution >= 0.6 is 59.1 Å². The molecule has 1 aromatic carbocycles. The number of halogens is 3. The highest BCUT2D eigenvalue weighted by Gasteiger charge is 2.11. The fourth-order valence-corrected chi connectivity index (χ4v) is 4.23. The molecule has 19 heavy (non-hydrogen) atoms. The molecule has 0 spiro atoms. The molecule has 8 heteroatoms. The summed E-state index contributed by atoms with van der Waals surface area (Å²) < 4.78 is 1.98. The highest BCUT2D eigenvalue weighted by molar-refractivity contribution is 9.11. The number of hydrazone groups is 1. The topological polar surface area (TPSA) is 57.5 Å². The first-order valence-electron chi connectivity index (χ1n) is 5.06. The molecule has 0 saturated carbocycles. The van der Waals surface area contributed by atoms with E-state index >= 15 is 0 Å². The van der Waals surface area contributed by atoms with Crippen LogP contribution in [0, 0.1) is 6.92 Å². The van der Waals surface area contributed by atoms with Crippen molar-refractivity contribution in [2.45, 2.75) is 6.92 Å². The second kappa shape index (κ2) is 6.34. The van der Waals surface area contributed by atoms with Gasteiger partial charge in [-0.1, -0.05) is 15.9 Å². The number of thiazole rings is 1. The number of nitrogens with zero attached hydrogens (tertiary/aromatic N) is 2. The van der Waals surface area contributed by atoms with E-state index in [9.17, 15) is 5.11 Å². The lowest BCUT2D eigenvalue weighted by Gasteiger charge is -2.06. The van der Waals surface area contributed by atoms with Crippen molar-refractivity contribution in [3.63, 3.8) is 0 Å². The first-order chi connectivity index (χ1) is 8.99. The number of phenolic OH excluding ortho intramolecular Hbond substituents is 1. The highest BCUT2D eigenvalue weighted by Crippen LogP contribution is 2.38. The molecule has 4 nitrogen and oxygen atoms in total. The molecular formula is C11H8Br3N3OS. The lowest BCUT2D eigenvalue weighted by molar-refractivity contribution is 0.468. The molecule has 0 radical (unpaired) electrons. The number of hydrogen-bond acceptors (Lipinski definition) is 5. The fourth-order valence-electron chi connectivity index (χ4n) is 1.27. The van der Waals surface area contributed by atoms with Gasteiger partial charge in [0, 0.05) is 15.4 Å². The van der Waals surface area contributed by atoms with Crippen molar-refractivity contribution in [2.24, 2.45) is 5.10 Å². The van der Waals surface area contributed by atoms with Crippen LogP contribution in [0.4, 0.5) is 5.13 Å². The number of phenols is 1. The van der Waals surface area contributed by atoms with Gasteiger partial charge in [0.05, 0.1) is 20.9 Å². The molecule has 2 N–H and O–H groups in total. The molecule has 0 bridgehead atoms. The summed E-state index contributed by atoms with van der Waals surface area (Å²) in [4.78, 5) is 4.23. The Morgan fingerprint density at radius 3 is 2.74 bits per heavy atom. The van der Waals surface area contributed by atoms with E-state index in [1.165, 1.54) is 11.3 Å². The first-order valence-corrected chi connectivity index (χ1v) is 8.32. The third-order valence-corrected chi connectivity index (χ3v) is 5.08. The molecule has 0 atom stereocenters. The molecule has 2 aromatic rings. The van der Waals surface area contributed by atoms with Gasteiger partial charge in [0.15, 0.2) is 0 Å². The van der Waals surface area contributed by atoms with E-state index in [-0.39, 0.29) is 5.75 Å². The van der Waals surface area contributed by atoms with Crippen LogP contribution in [0.2, 0.25) is 0 Å². The van der Waals surface area contributed by atoms with Crippen LogP contribution in [-0.4, -0.2) is 16.3 Å². The number of aryl methyl sites for hydroxylation is 1. The third kappa shape index (κ3) is 3.56. The number of aromatic hydroxyl groups is 1. The average Bonchev–Trinajstić information content (AvgIpc) is 2.77. The summed E-state index contributed by atoms with van der Waals surface area (Å²) in [5, 5.41) is 16.6. The van der Waals surface area contributed by atoms with Crippen LogP contribution in [0.25, 0.3) is 0 Å². The number of rotatable bonds is 3. The van der Waals surface area contributed by atoms with Crippen molar-refractivity contribution in [3.05, 3.63) is 36.1 Å². The van der Waals surface area contributed by atoms with Gasteiger partial charge in [-0.15, -0.1) is 11.3 Å². The molecule has 0 aliphatic heterocycles. The van der Waals surface area contributed by atoms with E-state index in [2.05, 4.69) is 63.3 Å². The minimum absolute atomic E-state index is 0.134. The van der Waals surface area contributed by atoms with E-state index in [1.807, 2.05) is 12.3 Å². The van der Waals surface area contributed by atoms with Crippen molar-refractivity contribution in [2.75, 3.05) is 5.43 Å². The minimum atomic E-state index is 0.134. The fraction of sp³-hybridized carbons (Fsp3) is 0.0909. The van der Waals surface area contributed by atoms with Crippen LogP contribution in [0.3, 0.4) is 0 Å². The maximum Gasteiger partial charge on any atom is 0.203 e. The Bertz CT molecular complexity index is 642. The number of nitrogens with one attached hydrogen (secondary N) is 1. The number of anilines is 1. The Labute approximate surface area is 139 Å². The van der Waals surface area contributed by atoms with Gasteiger partial charge in [0.1, 0.15) is 5.75 Å². The molecule has 1 aromatic heterocycles. The zero-order chi connectivity index (χ0) is 14.0. The van der Waals surface area contributed by atoms with Crippen LogP contribution < -0.4 is 5.43 Å². The molecule has 0 fully saturated rings. The largest absolute Gasteiger partial charge is 0.506 e. The Morgan fingerprint density at radius 1 is 1.37 bits per heavy atom. The summed E-state index contributed by atoms with van der Waals surface area (Å²) in [5.74, 6) is 0.134. The highest BCUT2D eigenvalue weighted by atomic mass is 79.9. The van der Waals surface area contributed by atoms with E-state index in [1.54, 1.807) is 12.3 Å². The number of benzene rings is 1. The summed E-state index contributed by atoms with van der Waals surface area (Å²) in [6.45, 7) is 1.92. The van der Waals surface area contributed by atoms with Crippen LogP contribution in [-0.2, 0) is 0 Å².